The molecule has 0 saturated heterocycles. The number of methoxy groups -OCH3 is 3. The average molecular weight is 416 g/mol. The molecule has 1 fully saturated rings. The van der Waals surface area contributed by atoms with Gasteiger partial charge in [-0.25, -0.2) is 0 Å². The van der Waals surface area contributed by atoms with Gasteiger partial charge in [-0.2, -0.15) is 0 Å². The number of rotatable bonds is 7. The molecule has 7 nitrogen and oxygen atoms in total. The van der Waals surface area contributed by atoms with Crippen molar-refractivity contribution in [2.24, 2.45) is 11.3 Å². The van der Waals surface area contributed by atoms with Crippen LogP contribution in [0.25, 0.3) is 0 Å². The van der Waals surface area contributed by atoms with Crippen LogP contribution in [-0.2, 0) is 23.8 Å². The maximum atomic E-state index is 14.0. The number of aromatic hydroxyl groups is 1. The van der Waals surface area contributed by atoms with Crippen LogP contribution in [0.4, 0.5) is 0 Å². The van der Waals surface area contributed by atoms with Crippen molar-refractivity contribution < 1.29 is 33.6 Å². The molecule has 2 aliphatic carbocycles. The van der Waals surface area contributed by atoms with Gasteiger partial charge in [0.1, 0.15) is 5.76 Å². The van der Waals surface area contributed by atoms with Crippen LogP contribution in [-0.4, -0.2) is 49.9 Å². The van der Waals surface area contributed by atoms with E-state index in [-0.39, 0.29) is 23.2 Å². The zero-order valence-corrected chi connectivity index (χ0v) is 17.9. The molecule has 30 heavy (non-hydrogen) atoms. The van der Waals surface area contributed by atoms with Gasteiger partial charge in [0.05, 0.1) is 19.6 Å². The molecule has 0 unspecified atom stereocenters. The molecular weight excluding hydrogens is 388 g/mol. The molecule has 3 rings (SSSR count). The van der Waals surface area contributed by atoms with E-state index in [1.54, 1.807) is 24.3 Å². The molecule has 7 heteroatoms. The van der Waals surface area contributed by atoms with Crippen molar-refractivity contribution in [3.63, 3.8) is 0 Å². The molecule has 0 spiro atoms. The van der Waals surface area contributed by atoms with E-state index in [2.05, 4.69) is 6.58 Å². The van der Waals surface area contributed by atoms with E-state index in [1.807, 2.05) is 6.92 Å². The normalized spacial score (nSPS) is 32.4. The van der Waals surface area contributed by atoms with Crippen LogP contribution < -0.4 is 4.74 Å². The lowest BCUT2D eigenvalue weighted by molar-refractivity contribution is -0.177. The van der Waals surface area contributed by atoms with Gasteiger partial charge >= 0.3 is 5.97 Å². The van der Waals surface area contributed by atoms with Crippen molar-refractivity contribution in [2.75, 3.05) is 21.3 Å². The topological polar surface area (TPSA) is 91.3 Å². The van der Waals surface area contributed by atoms with Crippen LogP contribution in [0.5, 0.6) is 11.5 Å². The summed E-state index contributed by atoms with van der Waals surface area (Å²) in [6.45, 7) is 7.08. The van der Waals surface area contributed by atoms with E-state index >= 15 is 0 Å². The summed E-state index contributed by atoms with van der Waals surface area (Å²) in [6, 6.07) is 4.93. The summed E-state index contributed by atoms with van der Waals surface area (Å²) >= 11 is 0. The highest BCUT2D eigenvalue weighted by Gasteiger charge is 2.73. The SMILES string of the molecule is C=CC[C@@]12C=C(OC)[C@@H](OC(C)=O)[C@@](OC)(C1=O)[C@@H](c1ccc(O)c(OC)c1)[C@@H]2C. The Balaban J connectivity index is 2.32. The second-order valence-corrected chi connectivity index (χ2v) is 7.80. The third kappa shape index (κ3) is 2.83. The van der Waals surface area contributed by atoms with E-state index in [1.165, 1.54) is 34.3 Å². The number of benzene rings is 1. The van der Waals surface area contributed by atoms with Gasteiger partial charge in [-0.15, -0.1) is 6.58 Å². The van der Waals surface area contributed by atoms with Crippen molar-refractivity contribution in [1.82, 2.24) is 0 Å². The molecule has 0 heterocycles. The molecule has 1 saturated carbocycles. The number of hydrogen-bond donors (Lipinski definition) is 1. The van der Waals surface area contributed by atoms with Crippen LogP contribution in [0.1, 0.15) is 31.7 Å². The summed E-state index contributed by atoms with van der Waals surface area (Å²) in [5.74, 6) is -0.851. The Morgan fingerprint density at radius 1 is 1.27 bits per heavy atom. The molecule has 2 bridgehead atoms. The van der Waals surface area contributed by atoms with Gasteiger partial charge in [0, 0.05) is 20.0 Å². The number of carbonyl (C=O) groups is 2. The molecule has 0 amide bonds. The van der Waals surface area contributed by atoms with Crippen molar-refractivity contribution in [2.45, 2.75) is 37.9 Å². The monoisotopic (exact) mass is 416 g/mol. The van der Waals surface area contributed by atoms with E-state index in [0.29, 0.717) is 12.2 Å². The highest BCUT2D eigenvalue weighted by Crippen LogP contribution is 2.63. The Bertz CT molecular complexity index is 905. The van der Waals surface area contributed by atoms with Crippen LogP contribution in [0.3, 0.4) is 0 Å². The van der Waals surface area contributed by atoms with Crippen molar-refractivity contribution in [3.05, 3.63) is 48.3 Å². The minimum Gasteiger partial charge on any atom is -0.504 e. The number of phenolic OH excluding ortho intramolecular Hbond substituents is 1. The Hall–Kier alpha value is -2.80. The van der Waals surface area contributed by atoms with Gasteiger partial charge in [0.15, 0.2) is 29.0 Å². The number of Topliss-reactive ketones (excluding diaryl/α,β-unsaturated/α-hetero) is 1. The molecule has 5 atom stereocenters. The van der Waals surface area contributed by atoms with E-state index in [9.17, 15) is 14.7 Å². The maximum absolute atomic E-state index is 14.0. The van der Waals surface area contributed by atoms with Gasteiger partial charge in [0.25, 0.3) is 0 Å². The molecular formula is C23H28O7. The first kappa shape index (κ1) is 21.9. The van der Waals surface area contributed by atoms with Crippen molar-refractivity contribution in [3.8, 4) is 11.5 Å². The summed E-state index contributed by atoms with van der Waals surface area (Å²) in [6.07, 6.45) is 2.78. The van der Waals surface area contributed by atoms with Crippen LogP contribution in [0.2, 0.25) is 0 Å². The number of ketones is 1. The summed E-state index contributed by atoms with van der Waals surface area (Å²) in [7, 11) is 4.37. The van der Waals surface area contributed by atoms with Gasteiger partial charge in [-0.3, -0.25) is 9.59 Å². The summed E-state index contributed by atoms with van der Waals surface area (Å²) in [5, 5.41) is 10.1. The number of hydrogen-bond acceptors (Lipinski definition) is 7. The predicted molar refractivity (Wildman–Crippen MR) is 109 cm³/mol. The fraction of sp³-hybridized carbons (Fsp3) is 0.478. The smallest absolute Gasteiger partial charge is 0.303 e. The third-order valence-corrected chi connectivity index (χ3v) is 6.50. The fourth-order valence-electron chi connectivity index (χ4n) is 5.21. The second kappa shape index (κ2) is 7.80. The van der Waals surface area contributed by atoms with Crippen molar-refractivity contribution >= 4 is 11.8 Å². The highest BCUT2D eigenvalue weighted by molar-refractivity contribution is 6.01. The lowest BCUT2D eigenvalue weighted by Crippen LogP contribution is -2.58. The Labute approximate surface area is 176 Å². The highest BCUT2D eigenvalue weighted by atomic mass is 16.6. The average Bonchev–Trinajstić information content (AvgIpc) is 2.84. The fourth-order valence-corrected chi connectivity index (χ4v) is 5.21. The number of carbonyl (C=O) groups excluding carboxylic acids is 2. The summed E-state index contributed by atoms with van der Waals surface area (Å²) < 4.78 is 22.4. The van der Waals surface area contributed by atoms with Crippen LogP contribution >= 0.6 is 0 Å². The molecule has 2 aliphatic rings. The quantitative estimate of drug-likeness (QED) is 0.539. The first-order valence-electron chi connectivity index (χ1n) is 9.75. The molecule has 1 aromatic rings. The number of allylic oxidation sites excluding steroid dienone is 2. The van der Waals surface area contributed by atoms with Crippen LogP contribution in [0.15, 0.2) is 42.7 Å². The zero-order chi connectivity index (χ0) is 22.3. The maximum Gasteiger partial charge on any atom is 0.303 e. The second-order valence-electron chi connectivity index (χ2n) is 7.80. The summed E-state index contributed by atoms with van der Waals surface area (Å²) in [5.41, 5.74) is -1.72. The number of esters is 1. The third-order valence-electron chi connectivity index (χ3n) is 6.50. The zero-order valence-electron chi connectivity index (χ0n) is 17.9. The largest absolute Gasteiger partial charge is 0.504 e. The Morgan fingerprint density at radius 2 is 1.97 bits per heavy atom. The molecule has 0 aliphatic heterocycles. The Kier molecular flexibility index (Phi) is 5.69. The van der Waals surface area contributed by atoms with E-state index in [4.69, 9.17) is 18.9 Å². The lowest BCUT2D eigenvalue weighted by atomic mass is 9.70. The van der Waals surface area contributed by atoms with E-state index < -0.39 is 29.0 Å². The first-order valence-corrected chi connectivity index (χ1v) is 9.75. The van der Waals surface area contributed by atoms with E-state index in [0.717, 1.165) is 5.56 Å². The number of fused-ring (bicyclic) bond motifs is 2. The summed E-state index contributed by atoms with van der Waals surface area (Å²) in [4.78, 5) is 25.9. The first-order chi connectivity index (χ1) is 14.2. The van der Waals surface area contributed by atoms with Crippen molar-refractivity contribution in [1.29, 1.82) is 0 Å². The minimum absolute atomic E-state index is 0.0132. The molecule has 0 radical (unpaired) electrons. The lowest BCUT2D eigenvalue weighted by Gasteiger charge is -2.42. The number of ether oxygens (including phenoxy) is 4. The standard InChI is InChI=1S/C23H28O7/c1-7-10-22-12-18(28-5)20(30-14(3)24)23(29-6,21(22)26)19(13(22)2)15-8-9-16(25)17(11-15)27-4/h7-9,11-13,19-20,25H,1,10H2,2-6H3/t13-,19+,20+,22-,23+/m0/s1. The van der Waals surface area contributed by atoms with Gasteiger partial charge < -0.3 is 24.1 Å². The molecule has 1 N–H and O–H groups in total. The van der Waals surface area contributed by atoms with Crippen LogP contribution in [0, 0.1) is 11.3 Å². The molecule has 1 aromatic carbocycles. The van der Waals surface area contributed by atoms with Gasteiger partial charge in [-0.1, -0.05) is 19.1 Å². The van der Waals surface area contributed by atoms with Gasteiger partial charge in [-0.05, 0) is 36.1 Å². The molecule has 0 aromatic heterocycles. The van der Waals surface area contributed by atoms with Gasteiger partial charge in [0.2, 0.25) is 0 Å². The number of phenols is 1. The Morgan fingerprint density at radius 3 is 2.50 bits per heavy atom. The molecule has 162 valence electrons. The predicted octanol–water partition coefficient (Wildman–Crippen LogP) is 3.13. The minimum atomic E-state index is -1.50.